The third-order valence-corrected chi connectivity index (χ3v) is 5.75. The van der Waals surface area contributed by atoms with Gasteiger partial charge in [0.05, 0.1) is 22.9 Å². The molecule has 3 aromatic rings. The van der Waals surface area contributed by atoms with Crippen molar-refractivity contribution in [3.8, 4) is 5.75 Å². The first-order valence-electron chi connectivity index (χ1n) is 8.25. The second kappa shape index (κ2) is 9.89. The van der Waals surface area contributed by atoms with Gasteiger partial charge in [-0.15, -0.1) is 12.4 Å². The third-order valence-electron chi connectivity index (χ3n) is 3.98. The summed E-state index contributed by atoms with van der Waals surface area (Å²) in [5.74, 6) is 0.303. The summed E-state index contributed by atoms with van der Waals surface area (Å²) in [5.41, 5.74) is 1.28. The number of likely N-dealkylation sites (N-methyl/N-ethyl adjacent to an activating group) is 1. The Morgan fingerprint density at radius 1 is 1.21 bits per heavy atom. The maximum Gasteiger partial charge on any atom is 0.263 e. The van der Waals surface area contributed by atoms with Crippen molar-refractivity contribution in [2.45, 2.75) is 0 Å². The van der Waals surface area contributed by atoms with Gasteiger partial charge in [-0.05, 0) is 50.5 Å². The van der Waals surface area contributed by atoms with E-state index in [4.69, 9.17) is 16.3 Å². The smallest absolute Gasteiger partial charge is 0.263 e. The summed E-state index contributed by atoms with van der Waals surface area (Å²) >= 11 is 11.1. The average molecular weight is 505 g/mol. The number of carbonyl (C=O) groups excluding carboxylic acids is 1. The topological polar surface area (TPSA) is 45.7 Å². The SMILES string of the molecule is COc1ccc(Cl)cc1C(=O)N(CCN(C)C)c1nc2ccc(Br)cc2s1.Cl. The van der Waals surface area contributed by atoms with Gasteiger partial charge in [0.25, 0.3) is 5.91 Å². The molecule has 3 rings (SSSR count). The summed E-state index contributed by atoms with van der Waals surface area (Å²) in [6.45, 7) is 1.21. The molecule has 0 aliphatic heterocycles. The van der Waals surface area contributed by atoms with E-state index in [0.717, 1.165) is 14.7 Å². The number of anilines is 1. The van der Waals surface area contributed by atoms with Crippen LogP contribution in [-0.2, 0) is 0 Å². The van der Waals surface area contributed by atoms with Crippen molar-refractivity contribution in [3.63, 3.8) is 0 Å². The van der Waals surface area contributed by atoms with Crippen LogP contribution in [0.5, 0.6) is 5.75 Å². The van der Waals surface area contributed by atoms with Gasteiger partial charge in [-0.3, -0.25) is 9.69 Å². The molecule has 0 atom stereocenters. The van der Waals surface area contributed by atoms with Gasteiger partial charge in [-0.1, -0.05) is 38.9 Å². The van der Waals surface area contributed by atoms with E-state index in [9.17, 15) is 4.79 Å². The molecule has 0 N–H and O–H groups in total. The van der Waals surface area contributed by atoms with E-state index >= 15 is 0 Å². The van der Waals surface area contributed by atoms with Crippen molar-refractivity contribution >= 4 is 72.5 Å². The number of aromatic nitrogens is 1. The van der Waals surface area contributed by atoms with Gasteiger partial charge in [-0.2, -0.15) is 0 Å². The van der Waals surface area contributed by atoms with Crippen LogP contribution in [-0.4, -0.2) is 50.1 Å². The van der Waals surface area contributed by atoms with Crippen molar-refractivity contribution in [2.24, 2.45) is 0 Å². The number of carbonyl (C=O) groups is 1. The number of halogens is 3. The fourth-order valence-corrected chi connectivity index (χ4v) is 4.29. The second-order valence-corrected chi connectivity index (χ2v) is 8.57. The molecule has 0 bridgehead atoms. The number of thiazole rings is 1. The lowest BCUT2D eigenvalue weighted by Gasteiger charge is -2.23. The first-order valence-corrected chi connectivity index (χ1v) is 10.2. The number of rotatable bonds is 6. The quantitative estimate of drug-likeness (QED) is 0.453. The summed E-state index contributed by atoms with van der Waals surface area (Å²) in [5, 5.41) is 1.14. The number of ether oxygens (including phenoxy) is 1. The Hall–Kier alpha value is -1.38. The van der Waals surface area contributed by atoms with Gasteiger partial charge < -0.3 is 9.64 Å². The van der Waals surface area contributed by atoms with Crippen LogP contribution in [0.4, 0.5) is 5.13 Å². The Kier molecular flexibility index (Phi) is 8.09. The van der Waals surface area contributed by atoms with Gasteiger partial charge in [0.2, 0.25) is 0 Å². The zero-order chi connectivity index (χ0) is 19.6. The largest absolute Gasteiger partial charge is 0.496 e. The van der Waals surface area contributed by atoms with E-state index in [1.165, 1.54) is 11.3 Å². The highest BCUT2D eigenvalue weighted by molar-refractivity contribution is 9.10. The summed E-state index contributed by atoms with van der Waals surface area (Å²) in [7, 11) is 5.48. The molecule has 1 amide bonds. The van der Waals surface area contributed by atoms with Crippen LogP contribution in [0.15, 0.2) is 40.9 Å². The molecular weight excluding hydrogens is 485 g/mol. The molecule has 0 unspecified atom stereocenters. The van der Waals surface area contributed by atoms with Crippen molar-refractivity contribution < 1.29 is 9.53 Å². The summed E-state index contributed by atoms with van der Waals surface area (Å²) in [4.78, 5) is 21.7. The van der Waals surface area contributed by atoms with Crippen LogP contribution < -0.4 is 9.64 Å². The first-order chi connectivity index (χ1) is 12.9. The van der Waals surface area contributed by atoms with Crippen molar-refractivity contribution in [1.29, 1.82) is 0 Å². The monoisotopic (exact) mass is 503 g/mol. The second-order valence-electron chi connectivity index (χ2n) is 6.21. The minimum atomic E-state index is -0.186. The zero-order valence-corrected chi connectivity index (χ0v) is 19.6. The van der Waals surface area contributed by atoms with Gasteiger partial charge in [0, 0.05) is 22.6 Å². The van der Waals surface area contributed by atoms with E-state index in [1.807, 2.05) is 37.2 Å². The molecule has 0 aliphatic carbocycles. The van der Waals surface area contributed by atoms with Gasteiger partial charge in [0.1, 0.15) is 5.75 Å². The van der Waals surface area contributed by atoms with Crippen molar-refractivity contribution in [1.82, 2.24) is 9.88 Å². The maximum absolute atomic E-state index is 13.4. The molecule has 0 spiro atoms. The van der Waals surface area contributed by atoms with Crippen LogP contribution >= 0.6 is 51.3 Å². The number of amides is 1. The lowest BCUT2D eigenvalue weighted by Crippen LogP contribution is -2.37. The Labute approximate surface area is 187 Å². The molecule has 28 heavy (non-hydrogen) atoms. The number of fused-ring (bicyclic) bond motifs is 1. The maximum atomic E-state index is 13.4. The normalized spacial score (nSPS) is 10.8. The van der Waals surface area contributed by atoms with E-state index in [0.29, 0.717) is 34.6 Å². The van der Waals surface area contributed by atoms with Gasteiger partial charge in [-0.25, -0.2) is 4.98 Å². The summed E-state index contributed by atoms with van der Waals surface area (Å²) in [6.07, 6.45) is 0. The third kappa shape index (κ3) is 5.15. The van der Waals surface area contributed by atoms with Crippen LogP contribution in [0.1, 0.15) is 10.4 Å². The Morgan fingerprint density at radius 2 is 1.96 bits per heavy atom. The molecular formula is C19H20BrCl2N3O2S. The highest BCUT2D eigenvalue weighted by Gasteiger charge is 2.24. The Bertz CT molecular complexity index is 981. The number of hydrogen-bond donors (Lipinski definition) is 0. The fraction of sp³-hybridized carbons (Fsp3) is 0.263. The van der Waals surface area contributed by atoms with E-state index in [1.54, 1.807) is 30.2 Å². The predicted octanol–water partition coefficient (Wildman–Crippen LogP) is 5.35. The van der Waals surface area contributed by atoms with E-state index < -0.39 is 0 Å². The van der Waals surface area contributed by atoms with Gasteiger partial charge in [0.15, 0.2) is 5.13 Å². The molecule has 2 aromatic carbocycles. The average Bonchev–Trinajstić information content (AvgIpc) is 3.04. The molecule has 0 saturated heterocycles. The minimum Gasteiger partial charge on any atom is -0.496 e. The molecule has 1 aromatic heterocycles. The van der Waals surface area contributed by atoms with Crippen LogP contribution in [0.2, 0.25) is 5.02 Å². The van der Waals surface area contributed by atoms with E-state index in [2.05, 4.69) is 20.9 Å². The minimum absolute atomic E-state index is 0. The molecule has 5 nitrogen and oxygen atoms in total. The zero-order valence-electron chi connectivity index (χ0n) is 15.6. The van der Waals surface area contributed by atoms with Crippen LogP contribution in [0.3, 0.4) is 0 Å². The van der Waals surface area contributed by atoms with Crippen molar-refractivity contribution in [3.05, 3.63) is 51.5 Å². The molecule has 9 heteroatoms. The predicted molar refractivity (Wildman–Crippen MR) is 123 cm³/mol. The van der Waals surface area contributed by atoms with Crippen molar-refractivity contribution in [2.75, 3.05) is 39.2 Å². The summed E-state index contributed by atoms with van der Waals surface area (Å²) in [6, 6.07) is 10.9. The Morgan fingerprint density at radius 3 is 2.64 bits per heavy atom. The molecule has 0 fully saturated rings. The number of nitrogens with zero attached hydrogens (tertiary/aromatic N) is 3. The molecule has 0 saturated carbocycles. The molecule has 1 heterocycles. The number of benzene rings is 2. The summed E-state index contributed by atoms with van der Waals surface area (Å²) < 4.78 is 7.36. The number of hydrogen-bond acceptors (Lipinski definition) is 5. The number of methoxy groups -OCH3 is 1. The van der Waals surface area contributed by atoms with E-state index in [-0.39, 0.29) is 18.3 Å². The first kappa shape index (κ1) is 22.9. The van der Waals surface area contributed by atoms with Crippen LogP contribution in [0, 0.1) is 0 Å². The standard InChI is InChI=1S/C19H19BrClN3O2S.ClH/c1-23(2)8-9-24(18(25)14-11-13(21)5-7-16(14)26-3)19-22-15-6-4-12(20)10-17(15)27-19;/h4-7,10-11H,8-9H2,1-3H3;1H. The van der Waals surface area contributed by atoms with Gasteiger partial charge >= 0.3 is 0 Å². The highest BCUT2D eigenvalue weighted by Crippen LogP contribution is 2.33. The highest BCUT2D eigenvalue weighted by atomic mass is 79.9. The van der Waals surface area contributed by atoms with Crippen LogP contribution in [0.25, 0.3) is 10.2 Å². The molecule has 150 valence electrons. The Balaban J connectivity index is 0.00000280. The lowest BCUT2D eigenvalue weighted by molar-refractivity contribution is 0.0982. The lowest BCUT2D eigenvalue weighted by atomic mass is 10.1. The molecule has 0 radical (unpaired) electrons. The fourth-order valence-electron chi connectivity index (χ4n) is 2.58. The molecule has 0 aliphatic rings.